The second-order valence-electron chi connectivity index (χ2n) is 17.9. The Labute approximate surface area is 377 Å². The van der Waals surface area contributed by atoms with E-state index in [1.165, 1.54) is 205 Å². The molecule has 0 saturated heterocycles. The number of carbonyl (C=O) groups is 2. The maximum absolute atomic E-state index is 12.1. The largest absolute Gasteiger partial charge is 0.472 e. The van der Waals surface area contributed by atoms with Crippen LogP contribution in [0.3, 0.4) is 0 Å². The van der Waals surface area contributed by atoms with Crippen LogP contribution in [-0.2, 0) is 27.9 Å². The van der Waals surface area contributed by atoms with Gasteiger partial charge in [0.1, 0.15) is 12.7 Å². The van der Waals surface area contributed by atoms with Crippen molar-refractivity contribution in [2.75, 3.05) is 26.4 Å². The SMILES string of the molecule is CCCCCCCC/C=C/CCCCCCCCCCCCCCCC(=O)NCCOP(=O)(O)OCC(O)COC(=O)CCCCCCCCCCCCCCCCCCC. The predicted octanol–water partition coefficient (Wildman–Crippen LogP) is 15.3. The maximum atomic E-state index is 12.1. The summed E-state index contributed by atoms with van der Waals surface area (Å²) in [4.78, 5) is 34.1. The van der Waals surface area contributed by atoms with Gasteiger partial charge in [0.25, 0.3) is 0 Å². The number of esters is 1. The number of allylic oxidation sites excluding steroid dienone is 2. The number of hydrogen-bond donors (Lipinski definition) is 3. The van der Waals surface area contributed by atoms with E-state index in [1.54, 1.807) is 0 Å². The minimum atomic E-state index is -4.42. The van der Waals surface area contributed by atoms with Crippen molar-refractivity contribution in [3.8, 4) is 0 Å². The Hall–Kier alpha value is -1.25. The number of amides is 1. The molecule has 0 radical (unpaired) electrons. The van der Waals surface area contributed by atoms with Crippen LogP contribution >= 0.6 is 7.82 Å². The van der Waals surface area contributed by atoms with Gasteiger partial charge < -0.3 is 20.1 Å². The van der Waals surface area contributed by atoms with Crippen molar-refractivity contribution < 1.29 is 37.9 Å². The molecule has 0 aromatic heterocycles. The number of aliphatic hydroxyl groups excluding tert-OH is 1. The van der Waals surface area contributed by atoms with Crippen molar-refractivity contribution in [2.24, 2.45) is 0 Å². The first-order valence-corrected chi connectivity index (χ1v) is 27.7. The lowest BCUT2D eigenvalue weighted by molar-refractivity contribution is -0.147. The summed E-state index contributed by atoms with van der Waals surface area (Å²) in [6.45, 7) is 3.61. The molecule has 0 heterocycles. The normalized spacial score (nSPS) is 13.2. The van der Waals surface area contributed by atoms with Crippen molar-refractivity contribution in [3.63, 3.8) is 0 Å². The van der Waals surface area contributed by atoms with Crippen molar-refractivity contribution in [3.05, 3.63) is 12.2 Å². The molecule has 362 valence electrons. The standard InChI is InChI=1S/C51H100NO8P/c1-3-5-7-9-11-13-15-17-19-21-22-23-24-25-26-28-29-31-33-35-37-39-41-43-50(54)52-45-46-59-61(56,57)60-48-49(53)47-58-51(55)44-42-40-38-36-34-32-30-27-20-18-16-14-12-10-8-6-4-2/h17,19,49,53H,3-16,18,20-48H2,1-2H3,(H,52,54)(H,56,57)/b19-17+. The second kappa shape index (κ2) is 48.2. The number of phosphoric acid groups is 1. The molecule has 1 amide bonds. The van der Waals surface area contributed by atoms with Gasteiger partial charge in [0.15, 0.2) is 0 Å². The summed E-state index contributed by atoms with van der Waals surface area (Å²) in [5.74, 6) is -0.502. The third kappa shape index (κ3) is 49.6. The molecule has 0 fully saturated rings. The van der Waals surface area contributed by atoms with E-state index < -0.39 is 26.5 Å². The van der Waals surface area contributed by atoms with Crippen LogP contribution in [-0.4, -0.2) is 54.3 Å². The number of aliphatic hydroxyl groups is 1. The van der Waals surface area contributed by atoms with Crippen LogP contribution in [0.25, 0.3) is 0 Å². The van der Waals surface area contributed by atoms with Crippen LogP contribution in [0.15, 0.2) is 12.2 Å². The lowest BCUT2D eigenvalue weighted by Gasteiger charge is -2.15. The summed E-state index contributed by atoms with van der Waals surface area (Å²) in [5, 5.41) is 12.8. The van der Waals surface area contributed by atoms with Gasteiger partial charge in [-0.05, 0) is 38.5 Å². The molecule has 0 bridgehead atoms. The first-order valence-electron chi connectivity index (χ1n) is 26.2. The Kier molecular flexibility index (Phi) is 47.2. The number of rotatable bonds is 50. The molecule has 0 aliphatic carbocycles. The van der Waals surface area contributed by atoms with Gasteiger partial charge in [-0.1, -0.05) is 231 Å². The molecule has 0 aromatic carbocycles. The Morgan fingerprint density at radius 2 is 0.836 bits per heavy atom. The molecule has 0 aliphatic rings. The van der Waals surface area contributed by atoms with Gasteiger partial charge >= 0.3 is 13.8 Å². The first-order chi connectivity index (χ1) is 29.8. The topological polar surface area (TPSA) is 131 Å². The molecular weight excluding hydrogens is 786 g/mol. The number of nitrogens with one attached hydrogen (secondary N) is 1. The Morgan fingerprint density at radius 3 is 1.23 bits per heavy atom. The fourth-order valence-corrected chi connectivity index (χ4v) is 8.49. The zero-order valence-corrected chi connectivity index (χ0v) is 41.0. The zero-order chi connectivity index (χ0) is 44.6. The van der Waals surface area contributed by atoms with Crippen molar-refractivity contribution in [1.29, 1.82) is 0 Å². The summed E-state index contributed by atoms with van der Waals surface area (Å²) in [5.41, 5.74) is 0. The smallest absolute Gasteiger partial charge is 0.463 e. The monoisotopic (exact) mass is 886 g/mol. The van der Waals surface area contributed by atoms with Crippen LogP contribution < -0.4 is 5.32 Å². The average Bonchev–Trinajstić information content (AvgIpc) is 3.25. The van der Waals surface area contributed by atoms with E-state index in [2.05, 4.69) is 31.3 Å². The van der Waals surface area contributed by atoms with Gasteiger partial charge in [-0.15, -0.1) is 0 Å². The van der Waals surface area contributed by atoms with Crippen molar-refractivity contribution in [2.45, 2.75) is 277 Å². The Bertz CT molecular complexity index is 1010. The van der Waals surface area contributed by atoms with Crippen molar-refractivity contribution in [1.82, 2.24) is 5.32 Å². The second-order valence-corrected chi connectivity index (χ2v) is 19.3. The molecule has 2 unspecified atom stereocenters. The Morgan fingerprint density at radius 1 is 0.492 bits per heavy atom. The van der Waals surface area contributed by atoms with Crippen molar-refractivity contribution >= 4 is 19.7 Å². The highest BCUT2D eigenvalue weighted by molar-refractivity contribution is 7.47. The van der Waals surface area contributed by atoms with Gasteiger partial charge in [-0.25, -0.2) is 4.57 Å². The molecule has 0 rings (SSSR count). The van der Waals surface area contributed by atoms with Gasteiger partial charge in [-0.3, -0.25) is 18.6 Å². The van der Waals surface area contributed by atoms with E-state index in [9.17, 15) is 24.2 Å². The fourth-order valence-electron chi connectivity index (χ4n) is 7.73. The highest BCUT2D eigenvalue weighted by atomic mass is 31.2. The third-order valence-corrected chi connectivity index (χ3v) is 12.7. The van der Waals surface area contributed by atoms with Crippen LogP contribution in [0.2, 0.25) is 0 Å². The fraction of sp³-hybridized carbons (Fsp3) is 0.922. The van der Waals surface area contributed by atoms with E-state index >= 15 is 0 Å². The molecule has 0 aromatic rings. The van der Waals surface area contributed by atoms with Crippen LogP contribution in [0, 0.1) is 0 Å². The lowest BCUT2D eigenvalue weighted by Crippen LogP contribution is -2.27. The zero-order valence-electron chi connectivity index (χ0n) is 40.1. The third-order valence-electron chi connectivity index (χ3n) is 11.7. The molecule has 9 nitrogen and oxygen atoms in total. The average molecular weight is 886 g/mol. The molecule has 0 aliphatic heterocycles. The van der Waals surface area contributed by atoms with Crippen LogP contribution in [0.4, 0.5) is 0 Å². The minimum absolute atomic E-state index is 0.0863. The molecule has 61 heavy (non-hydrogen) atoms. The molecule has 2 atom stereocenters. The van der Waals surface area contributed by atoms with E-state index in [-0.39, 0.29) is 32.1 Å². The quantitative estimate of drug-likeness (QED) is 0.0238. The summed E-state index contributed by atoms with van der Waals surface area (Å²) in [6.07, 6.45) is 53.0. The summed E-state index contributed by atoms with van der Waals surface area (Å²) >= 11 is 0. The number of carbonyl (C=O) groups excluding carboxylic acids is 2. The van der Waals surface area contributed by atoms with Gasteiger partial charge in [0.2, 0.25) is 5.91 Å². The molecule has 0 spiro atoms. The summed E-state index contributed by atoms with van der Waals surface area (Å²) < 4.78 is 27.0. The van der Waals surface area contributed by atoms with Gasteiger partial charge in [0.05, 0.1) is 13.2 Å². The minimum Gasteiger partial charge on any atom is -0.463 e. The number of ether oxygens (including phenoxy) is 1. The molecule has 10 heteroatoms. The maximum Gasteiger partial charge on any atom is 0.472 e. The number of hydrogen-bond acceptors (Lipinski definition) is 7. The van der Waals surface area contributed by atoms with Gasteiger partial charge in [0, 0.05) is 19.4 Å². The lowest BCUT2D eigenvalue weighted by atomic mass is 10.0. The van der Waals surface area contributed by atoms with E-state index in [0.717, 1.165) is 38.5 Å². The van der Waals surface area contributed by atoms with E-state index in [0.29, 0.717) is 6.42 Å². The van der Waals surface area contributed by atoms with E-state index in [4.69, 9.17) is 13.8 Å². The summed E-state index contributed by atoms with van der Waals surface area (Å²) in [6, 6.07) is 0. The molecule has 0 saturated carbocycles. The summed E-state index contributed by atoms with van der Waals surface area (Å²) in [7, 11) is -4.42. The van der Waals surface area contributed by atoms with Crippen LogP contribution in [0.1, 0.15) is 271 Å². The highest BCUT2D eigenvalue weighted by Gasteiger charge is 2.23. The van der Waals surface area contributed by atoms with Crippen LogP contribution in [0.5, 0.6) is 0 Å². The molecule has 3 N–H and O–H groups in total. The Balaban J connectivity index is 3.50. The van der Waals surface area contributed by atoms with E-state index in [1.807, 2.05) is 0 Å². The molecular formula is C51H100NO8P. The highest BCUT2D eigenvalue weighted by Crippen LogP contribution is 2.42. The first kappa shape index (κ1) is 59.8. The number of unbranched alkanes of at least 4 members (excludes halogenated alkanes) is 35. The number of phosphoric ester groups is 1. The predicted molar refractivity (Wildman–Crippen MR) is 257 cm³/mol. The van der Waals surface area contributed by atoms with Gasteiger partial charge in [-0.2, -0.15) is 0 Å².